The number of nitrogens with one attached hydrogen (secondary N) is 2. The first-order chi connectivity index (χ1) is 14.6. The molecule has 0 atom stereocenters. The van der Waals surface area contributed by atoms with Crippen LogP contribution >= 0.6 is 0 Å². The molecule has 1 fully saturated rings. The minimum Gasteiger partial charge on any atom is -0.347 e. The van der Waals surface area contributed by atoms with Crippen LogP contribution in [0.5, 0.6) is 0 Å². The smallest absolute Gasteiger partial charge is 0.243 e. The zero-order chi connectivity index (χ0) is 20.9. The van der Waals surface area contributed by atoms with E-state index >= 15 is 0 Å². The van der Waals surface area contributed by atoms with Gasteiger partial charge in [0.25, 0.3) is 0 Å². The van der Waals surface area contributed by atoms with Crippen molar-refractivity contribution in [2.45, 2.75) is 19.3 Å². The van der Waals surface area contributed by atoms with Crippen molar-refractivity contribution in [2.75, 3.05) is 23.3 Å². The van der Waals surface area contributed by atoms with Crippen molar-refractivity contribution in [2.24, 2.45) is 0 Å². The molecule has 1 aliphatic rings. The lowest BCUT2D eigenvalue weighted by Crippen LogP contribution is -2.33. The second-order valence-corrected chi connectivity index (χ2v) is 7.34. The fourth-order valence-electron chi connectivity index (χ4n) is 3.74. The van der Waals surface area contributed by atoms with Gasteiger partial charge in [0.2, 0.25) is 17.7 Å². The largest absolute Gasteiger partial charge is 0.347 e. The predicted molar refractivity (Wildman–Crippen MR) is 117 cm³/mol. The summed E-state index contributed by atoms with van der Waals surface area (Å²) in [6.45, 7) is 0.580. The Bertz CT molecular complexity index is 1100. The molecule has 4 rings (SSSR count). The van der Waals surface area contributed by atoms with E-state index in [1.165, 1.54) is 0 Å². The normalized spacial score (nSPS) is 13.5. The van der Waals surface area contributed by atoms with E-state index in [0.29, 0.717) is 18.7 Å². The fourth-order valence-corrected chi connectivity index (χ4v) is 3.74. The van der Waals surface area contributed by atoms with Crippen molar-refractivity contribution in [3.05, 3.63) is 72.3 Å². The van der Waals surface area contributed by atoms with Crippen molar-refractivity contribution in [3.63, 3.8) is 0 Å². The molecule has 0 aromatic heterocycles. The Hall–Kier alpha value is -3.67. The first-order valence-electron chi connectivity index (χ1n) is 10.0. The van der Waals surface area contributed by atoms with Gasteiger partial charge in [0.15, 0.2) is 0 Å². The van der Waals surface area contributed by atoms with Crippen LogP contribution in [0.4, 0.5) is 11.4 Å². The van der Waals surface area contributed by atoms with Crippen LogP contribution in [-0.2, 0) is 20.8 Å². The monoisotopic (exact) mass is 401 g/mol. The van der Waals surface area contributed by atoms with Crippen LogP contribution in [0, 0.1) is 0 Å². The molecule has 3 amide bonds. The van der Waals surface area contributed by atoms with Crippen molar-refractivity contribution < 1.29 is 14.4 Å². The maximum atomic E-state index is 12.3. The molecule has 0 bridgehead atoms. The summed E-state index contributed by atoms with van der Waals surface area (Å²) < 4.78 is 0. The molecule has 30 heavy (non-hydrogen) atoms. The Morgan fingerprint density at radius 2 is 1.73 bits per heavy atom. The molecule has 6 heteroatoms. The van der Waals surface area contributed by atoms with E-state index in [-0.39, 0.29) is 30.7 Å². The Kier molecular flexibility index (Phi) is 5.75. The van der Waals surface area contributed by atoms with Gasteiger partial charge < -0.3 is 15.5 Å². The third kappa shape index (κ3) is 4.49. The number of hydrogen-bond acceptors (Lipinski definition) is 3. The summed E-state index contributed by atoms with van der Waals surface area (Å²) in [5.74, 6) is -0.428. The molecule has 1 heterocycles. The highest BCUT2D eigenvalue weighted by molar-refractivity contribution is 5.98. The Morgan fingerprint density at radius 1 is 0.933 bits per heavy atom. The lowest BCUT2D eigenvalue weighted by atomic mass is 10.0. The van der Waals surface area contributed by atoms with Gasteiger partial charge in [-0.25, -0.2) is 0 Å². The van der Waals surface area contributed by atoms with E-state index in [1.54, 1.807) is 23.1 Å². The summed E-state index contributed by atoms with van der Waals surface area (Å²) in [5.41, 5.74) is 2.30. The van der Waals surface area contributed by atoms with E-state index in [9.17, 15) is 14.4 Å². The number of amides is 3. The Balaban J connectivity index is 1.32. The molecule has 1 saturated heterocycles. The minimum atomic E-state index is -0.314. The summed E-state index contributed by atoms with van der Waals surface area (Å²) in [6.07, 6.45) is 1.61. The number of anilines is 2. The zero-order valence-electron chi connectivity index (χ0n) is 16.6. The molecule has 0 saturated carbocycles. The Morgan fingerprint density at radius 3 is 2.57 bits per heavy atom. The number of rotatable bonds is 6. The van der Waals surface area contributed by atoms with Crippen LogP contribution in [-0.4, -0.2) is 30.8 Å². The van der Waals surface area contributed by atoms with E-state index < -0.39 is 0 Å². The Labute approximate surface area is 174 Å². The molecule has 152 valence electrons. The van der Waals surface area contributed by atoms with Gasteiger partial charge in [-0.3, -0.25) is 14.4 Å². The van der Waals surface area contributed by atoms with Gasteiger partial charge >= 0.3 is 0 Å². The number of carbonyl (C=O) groups is 3. The maximum absolute atomic E-state index is 12.3. The summed E-state index contributed by atoms with van der Waals surface area (Å²) >= 11 is 0. The molecule has 0 unspecified atom stereocenters. The summed E-state index contributed by atoms with van der Waals surface area (Å²) in [5, 5.41) is 7.57. The van der Waals surface area contributed by atoms with Crippen LogP contribution in [0.3, 0.4) is 0 Å². The molecule has 0 aliphatic carbocycles. The molecular weight excluding hydrogens is 378 g/mol. The standard InChI is InChI=1S/C24H23N3O3/c28-22(14-18-8-3-7-17-6-1-2-11-21(17)18)25-16-23(29)26-19-9-4-10-20(15-19)27-13-5-12-24(27)30/h1-4,6-11,15H,5,12-14,16H2,(H,25,28)(H,26,29). The van der Waals surface area contributed by atoms with Gasteiger partial charge in [-0.05, 0) is 41.0 Å². The average molecular weight is 401 g/mol. The zero-order valence-corrected chi connectivity index (χ0v) is 16.6. The first-order valence-corrected chi connectivity index (χ1v) is 10.0. The van der Waals surface area contributed by atoms with Crippen LogP contribution in [0.15, 0.2) is 66.7 Å². The summed E-state index contributed by atoms with van der Waals surface area (Å²) in [4.78, 5) is 38.2. The molecule has 3 aromatic carbocycles. The van der Waals surface area contributed by atoms with Crippen molar-refractivity contribution >= 4 is 39.9 Å². The van der Waals surface area contributed by atoms with Crippen molar-refractivity contribution in [1.82, 2.24) is 5.32 Å². The van der Waals surface area contributed by atoms with E-state index in [0.717, 1.165) is 28.4 Å². The molecule has 1 aliphatic heterocycles. The van der Waals surface area contributed by atoms with E-state index in [1.807, 2.05) is 48.5 Å². The molecule has 6 nitrogen and oxygen atoms in total. The first kappa shape index (κ1) is 19.6. The third-order valence-corrected chi connectivity index (χ3v) is 5.19. The summed E-state index contributed by atoms with van der Waals surface area (Å²) in [7, 11) is 0. The van der Waals surface area contributed by atoms with Crippen LogP contribution in [0.2, 0.25) is 0 Å². The van der Waals surface area contributed by atoms with Crippen LogP contribution in [0.1, 0.15) is 18.4 Å². The highest BCUT2D eigenvalue weighted by atomic mass is 16.2. The highest BCUT2D eigenvalue weighted by Gasteiger charge is 2.21. The number of fused-ring (bicyclic) bond motifs is 1. The predicted octanol–water partition coefficient (Wildman–Crippen LogP) is 3.26. The lowest BCUT2D eigenvalue weighted by molar-refractivity contribution is -0.123. The van der Waals surface area contributed by atoms with Crippen molar-refractivity contribution in [3.8, 4) is 0 Å². The maximum Gasteiger partial charge on any atom is 0.243 e. The lowest BCUT2D eigenvalue weighted by Gasteiger charge is -2.16. The molecule has 2 N–H and O–H groups in total. The van der Waals surface area contributed by atoms with Gasteiger partial charge in [0.1, 0.15) is 0 Å². The SMILES string of the molecule is O=C(Cc1cccc2ccccc12)NCC(=O)Nc1cccc(N2CCCC2=O)c1. The van der Waals surface area contributed by atoms with Gasteiger partial charge in [-0.15, -0.1) is 0 Å². The fraction of sp³-hybridized carbons (Fsp3) is 0.208. The minimum absolute atomic E-state index is 0.0965. The van der Waals surface area contributed by atoms with Gasteiger partial charge in [0.05, 0.1) is 13.0 Å². The van der Waals surface area contributed by atoms with Crippen LogP contribution in [0.25, 0.3) is 10.8 Å². The number of hydrogen-bond donors (Lipinski definition) is 2. The number of benzene rings is 3. The van der Waals surface area contributed by atoms with Gasteiger partial charge in [0, 0.05) is 24.3 Å². The number of nitrogens with zero attached hydrogens (tertiary/aromatic N) is 1. The number of carbonyl (C=O) groups excluding carboxylic acids is 3. The van der Waals surface area contributed by atoms with Crippen LogP contribution < -0.4 is 15.5 Å². The molecular formula is C24H23N3O3. The molecule has 3 aromatic rings. The summed E-state index contributed by atoms with van der Waals surface area (Å²) in [6, 6.07) is 21.0. The van der Waals surface area contributed by atoms with Gasteiger partial charge in [-0.1, -0.05) is 48.5 Å². The second kappa shape index (κ2) is 8.78. The second-order valence-electron chi connectivity index (χ2n) is 7.34. The highest BCUT2D eigenvalue weighted by Crippen LogP contribution is 2.24. The topological polar surface area (TPSA) is 78.5 Å². The van der Waals surface area contributed by atoms with E-state index in [2.05, 4.69) is 10.6 Å². The van der Waals surface area contributed by atoms with Gasteiger partial charge in [-0.2, -0.15) is 0 Å². The quantitative estimate of drug-likeness (QED) is 0.665. The van der Waals surface area contributed by atoms with E-state index in [4.69, 9.17) is 0 Å². The van der Waals surface area contributed by atoms with Crippen molar-refractivity contribution in [1.29, 1.82) is 0 Å². The molecule has 0 radical (unpaired) electrons. The third-order valence-electron chi connectivity index (χ3n) is 5.19. The average Bonchev–Trinajstić information content (AvgIpc) is 3.19. The molecule has 0 spiro atoms.